The van der Waals surface area contributed by atoms with Gasteiger partial charge in [-0.1, -0.05) is 30.3 Å². The van der Waals surface area contributed by atoms with Gasteiger partial charge in [-0.15, -0.1) is 12.4 Å². The van der Waals surface area contributed by atoms with E-state index in [4.69, 9.17) is 15.2 Å². The number of halogens is 1. The second-order valence-electron chi connectivity index (χ2n) is 5.38. The van der Waals surface area contributed by atoms with Crippen LogP contribution in [0.1, 0.15) is 24.4 Å². The summed E-state index contributed by atoms with van der Waals surface area (Å²) in [5.74, 6) is 1.35. The first kappa shape index (κ1) is 16.1. The number of ether oxygens (including phenoxy) is 2. The highest BCUT2D eigenvalue weighted by Crippen LogP contribution is 2.38. The van der Waals surface area contributed by atoms with Gasteiger partial charge in [0.25, 0.3) is 0 Å². The van der Waals surface area contributed by atoms with Crippen LogP contribution in [0.4, 0.5) is 0 Å². The lowest BCUT2D eigenvalue weighted by molar-refractivity contribution is 0.0582. The van der Waals surface area contributed by atoms with Gasteiger partial charge >= 0.3 is 0 Å². The molecule has 21 heavy (non-hydrogen) atoms. The minimum Gasteiger partial charge on any atom is -0.496 e. The van der Waals surface area contributed by atoms with Gasteiger partial charge in [0.1, 0.15) is 5.75 Å². The van der Waals surface area contributed by atoms with Crippen molar-refractivity contribution >= 4 is 23.2 Å². The summed E-state index contributed by atoms with van der Waals surface area (Å²) in [6.45, 7) is 1.62. The lowest BCUT2D eigenvalue weighted by Crippen LogP contribution is -2.28. The summed E-state index contributed by atoms with van der Waals surface area (Å²) in [5.41, 5.74) is 7.71. The number of fused-ring (bicyclic) bond motifs is 1. The Labute approximate surface area is 131 Å². The number of hydrogen-bond acceptors (Lipinski definition) is 3. The zero-order valence-electron chi connectivity index (χ0n) is 12.2. The Morgan fingerprint density at radius 2 is 1.86 bits per heavy atom. The van der Waals surface area contributed by atoms with Crippen LogP contribution < -0.4 is 10.5 Å². The topological polar surface area (TPSA) is 44.5 Å². The first-order valence-corrected chi connectivity index (χ1v) is 7.20. The van der Waals surface area contributed by atoms with Crippen molar-refractivity contribution in [1.82, 2.24) is 0 Å². The van der Waals surface area contributed by atoms with E-state index in [-0.39, 0.29) is 18.4 Å². The predicted molar refractivity (Wildman–Crippen MR) is 88.2 cm³/mol. The van der Waals surface area contributed by atoms with Crippen LogP contribution in [0.2, 0.25) is 0 Å². The van der Waals surface area contributed by atoms with E-state index in [0.717, 1.165) is 37.4 Å². The highest BCUT2D eigenvalue weighted by Gasteiger charge is 2.26. The van der Waals surface area contributed by atoms with E-state index in [2.05, 4.69) is 30.3 Å². The molecule has 2 N–H and O–H groups in total. The molecular weight excluding hydrogens is 286 g/mol. The lowest BCUT2D eigenvalue weighted by atomic mass is 9.85. The molecule has 0 aliphatic carbocycles. The molecule has 2 aromatic carbocycles. The van der Waals surface area contributed by atoms with Gasteiger partial charge in [-0.2, -0.15) is 0 Å². The molecule has 0 spiro atoms. The Morgan fingerprint density at radius 3 is 2.57 bits per heavy atom. The van der Waals surface area contributed by atoms with Crippen LogP contribution in [0.5, 0.6) is 5.75 Å². The summed E-state index contributed by atoms with van der Waals surface area (Å²) in [6.07, 6.45) is 2.04. The number of methoxy groups -OCH3 is 1. The molecule has 1 aliphatic heterocycles. The third-order valence-corrected chi connectivity index (χ3v) is 4.26. The first-order valence-electron chi connectivity index (χ1n) is 7.20. The molecule has 114 valence electrons. The average molecular weight is 308 g/mol. The van der Waals surface area contributed by atoms with Gasteiger partial charge in [-0.3, -0.25) is 0 Å². The van der Waals surface area contributed by atoms with Crippen molar-refractivity contribution in [2.45, 2.75) is 18.9 Å². The molecule has 0 bridgehead atoms. The van der Waals surface area contributed by atoms with Gasteiger partial charge < -0.3 is 15.2 Å². The van der Waals surface area contributed by atoms with Crippen LogP contribution in [0.15, 0.2) is 36.4 Å². The van der Waals surface area contributed by atoms with Gasteiger partial charge in [0.2, 0.25) is 0 Å². The molecule has 0 radical (unpaired) electrons. The molecule has 1 atom stereocenters. The monoisotopic (exact) mass is 307 g/mol. The van der Waals surface area contributed by atoms with Crippen LogP contribution in [0.3, 0.4) is 0 Å². The molecule has 0 amide bonds. The van der Waals surface area contributed by atoms with Gasteiger partial charge in [-0.05, 0) is 35.6 Å². The number of nitrogens with two attached hydrogens (primary N) is 1. The van der Waals surface area contributed by atoms with Crippen molar-refractivity contribution in [3.05, 3.63) is 42.0 Å². The van der Waals surface area contributed by atoms with E-state index in [9.17, 15) is 0 Å². The minimum absolute atomic E-state index is 0. The zero-order chi connectivity index (χ0) is 13.9. The molecule has 2 aromatic rings. The molecule has 0 aromatic heterocycles. The van der Waals surface area contributed by atoms with E-state index < -0.39 is 0 Å². The normalized spacial score (nSPS) is 17.2. The Kier molecular flexibility index (Phi) is 5.45. The molecule has 1 aliphatic rings. The summed E-state index contributed by atoms with van der Waals surface area (Å²) in [4.78, 5) is 0. The van der Waals surface area contributed by atoms with Gasteiger partial charge in [-0.25, -0.2) is 0 Å². The number of rotatable bonds is 3. The van der Waals surface area contributed by atoms with Gasteiger partial charge in [0.05, 0.1) is 7.11 Å². The molecule has 0 saturated carbocycles. The van der Waals surface area contributed by atoms with Crippen LogP contribution in [0.25, 0.3) is 10.8 Å². The first-order chi connectivity index (χ1) is 9.81. The third kappa shape index (κ3) is 3.15. The highest BCUT2D eigenvalue weighted by molar-refractivity contribution is 5.88. The summed E-state index contributed by atoms with van der Waals surface area (Å²) in [6, 6.07) is 12.5. The van der Waals surface area contributed by atoms with Gasteiger partial charge in [0, 0.05) is 24.8 Å². The molecule has 1 saturated heterocycles. The molecule has 3 nitrogen and oxygen atoms in total. The SMILES string of the molecule is COc1ccc2ccccc2c1[C@@H](N)C1CCOCC1.Cl. The Balaban J connectivity index is 0.00000161. The van der Waals surface area contributed by atoms with Crippen molar-refractivity contribution in [3.63, 3.8) is 0 Å². The van der Waals surface area contributed by atoms with Gasteiger partial charge in [0.15, 0.2) is 0 Å². The predicted octanol–water partition coefficient (Wildman–Crippen LogP) is 3.70. The smallest absolute Gasteiger partial charge is 0.124 e. The Morgan fingerprint density at radius 1 is 1.14 bits per heavy atom. The fraction of sp³-hybridized carbons (Fsp3) is 0.412. The maximum absolute atomic E-state index is 6.58. The van der Waals surface area contributed by atoms with Crippen LogP contribution in [-0.2, 0) is 4.74 Å². The summed E-state index contributed by atoms with van der Waals surface area (Å²) in [7, 11) is 1.71. The second-order valence-corrected chi connectivity index (χ2v) is 5.38. The highest BCUT2D eigenvalue weighted by atomic mass is 35.5. The maximum Gasteiger partial charge on any atom is 0.124 e. The molecule has 1 fully saturated rings. The van der Waals surface area contributed by atoms with Crippen molar-refractivity contribution in [1.29, 1.82) is 0 Å². The molecule has 0 unspecified atom stereocenters. The number of hydrogen-bond donors (Lipinski definition) is 1. The van der Waals surface area contributed by atoms with Crippen LogP contribution in [0, 0.1) is 5.92 Å². The minimum atomic E-state index is -0.0000463. The molecule has 1 heterocycles. The largest absolute Gasteiger partial charge is 0.496 e. The van der Waals surface area contributed by atoms with Crippen LogP contribution in [-0.4, -0.2) is 20.3 Å². The van der Waals surface area contributed by atoms with Crippen molar-refractivity contribution in [2.75, 3.05) is 20.3 Å². The quantitative estimate of drug-likeness (QED) is 0.940. The second kappa shape index (κ2) is 7.12. The van der Waals surface area contributed by atoms with E-state index in [0.29, 0.717) is 5.92 Å². The number of benzene rings is 2. The maximum atomic E-state index is 6.58. The van der Waals surface area contributed by atoms with Crippen LogP contribution >= 0.6 is 12.4 Å². The average Bonchev–Trinajstić information content (AvgIpc) is 2.54. The van der Waals surface area contributed by atoms with E-state index in [1.165, 1.54) is 10.8 Å². The van der Waals surface area contributed by atoms with Crippen molar-refractivity contribution in [3.8, 4) is 5.75 Å². The zero-order valence-corrected chi connectivity index (χ0v) is 13.1. The standard InChI is InChI=1S/C17H21NO2.ClH/c1-19-15-7-6-12-4-2-3-5-14(12)16(15)17(18)13-8-10-20-11-9-13;/h2-7,13,17H,8-11,18H2,1H3;1H/t17-;/m0./s1. The fourth-order valence-corrected chi connectivity index (χ4v) is 3.11. The molecule has 3 rings (SSSR count). The third-order valence-electron chi connectivity index (χ3n) is 4.26. The Hall–Kier alpha value is -1.29. The van der Waals surface area contributed by atoms with E-state index in [1.54, 1.807) is 7.11 Å². The summed E-state index contributed by atoms with van der Waals surface area (Å²) in [5, 5.41) is 2.41. The molecule has 4 heteroatoms. The molecular formula is C17H22ClNO2. The van der Waals surface area contributed by atoms with Crippen molar-refractivity contribution in [2.24, 2.45) is 11.7 Å². The van der Waals surface area contributed by atoms with E-state index in [1.807, 2.05) is 6.07 Å². The van der Waals surface area contributed by atoms with E-state index >= 15 is 0 Å². The summed E-state index contributed by atoms with van der Waals surface area (Å²) >= 11 is 0. The lowest BCUT2D eigenvalue weighted by Gasteiger charge is -2.29. The van der Waals surface area contributed by atoms with Crippen molar-refractivity contribution < 1.29 is 9.47 Å². The summed E-state index contributed by atoms with van der Waals surface area (Å²) < 4.78 is 11.0. The fourth-order valence-electron chi connectivity index (χ4n) is 3.11. The Bertz CT molecular complexity index is 596.